The minimum absolute atomic E-state index is 0.152. The van der Waals surface area contributed by atoms with E-state index < -0.39 is 5.91 Å². The van der Waals surface area contributed by atoms with E-state index in [0.717, 1.165) is 5.56 Å². The first-order valence-corrected chi connectivity index (χ1v) is 9.09. The van der Waals surface area contributed by atoms with Gasteiger partial charge in [-0.1, -0.05) is 18.2 Å². The first-order chi connectivity index (χ1) is 14.4. The number of ether oxygens (including phenoxy) is 1. The van der Waals surface area contributed by atoms with Crippen molar-refractivity contribution in [3.63, 3.8) is 0 Å². The number of hydrogen-bond donors (Lipinski definition) is 3. The lowest BCUT2D eigenvalue weighted by Gasteiger charge is -2.08. The zero-order chi connectivity index (χ0) is 21.5. The lowest BCUT2D eigenvalue weighted by molar-refractivity contribution is -0.116. The van der Waals surface area contributed by atoms with Crippen molar-refractivity contribution in [2.45, 2.75) is 13.3 Å². The number of pyridine rings is 1. The number of nitrogens with one attached hydrogen (secondary N) is 2. The van der Waals surface area contributed by atoms with E-state index in [1.807, 2.05) is 0 Å². The van der Waals surface area contributed by atoms with Crippen LogP contribution in [0, 0.1) is 0 Å². The van der Waals surface area contributed by atoms with Crippen LogP contribution in [-0.4, -0.2) is 22.7 Å². The topological polar surface area (TPSA) is 123 Å². The van der Waals surface area contributed by atoms with Crippen molar-refractivity contribution in [2.75, 3.05) is 10.6 Å². The third-order valence-corrected chi connectivity index (χ3v) is 4.00. The average Bonchev–Trinajstić information content (AvgIpc) is 2.71. The Balaban J connectivity index is 1.56. The highest BCUT2D eigenvalue weighted by molar-refractivity contribution is 5.93. The molecule has 0 aliphatic rings. The summed E-state index contributed by atoms with van der Waals surface area (Å²) in [5.41, 5.74) is 7.60. The maximum Gasteiger partial charge on any atom is 0.248 e. The highest BCUT2D eigenvalue weighted by atomic mass is 16.5. The minimum atomic E-state index is -0.545. The molecule has 8 nitrogen and oxygen atoms in total. The second-order valence-corrected chi connectivity index (χ2v) is 6.48. The highest BCUT2D eigenvalue weighted by Crippen LogP contribution is 2.21. The van der Waals surface area contributed by atoms with Gasteiger partial charge < -0.3 is 21.1 Å². The Hall–Kier alpha value is -4.20. The Bertz CT molecular complexity index is 1060. The quantitative estimate of drug-likeness (QED) is 0.558. The SMILES string of the molecule is CC(=O)Nc1ccc(CC(=O)Nc2ccc(Oc3cccc(C(N)=O)c3)nc2)cc1. The van der Waals surface area contributed by atoms with Gasteiger partial charge in [-0.05, 0) is 42.0 Å². The van der Waals surface area contributed by atoms with Crippen molar-refractivity contribution < 1.29 is 19.1 Å². The second-order valence-electron chi connectivity index (χ2n) is 6.48. The Kier molecular flexibility index (Phi) is 6.39. The Morgan fingerprint density at radius 1 is 0.967 bits per heavy atom. The molecule has 0 fully saturated rings. The van der Waals surface area contributed by atoms with Crippen LogP contribution < -0.4 is 21.1 Å². The van der Waals surface area contributed by atoms with Gasteiger partial charge in [-0.2, -0.15) is 0 Å². The molecular weight excluding hydrogens is 384 g/mol. The number of benzene rings is 2. The van der Waals surface area contributed by atoms with Crippen LogP contribution in [0.5, 0.6) is 11.6 Å². The number of carbonyl (C=O) groups is 3. The van der Waals surface area contributed by atoms with Gasteiger partial charge in [0.2, 0.25) is 23.6 Å². The predicted octanol–water partition coefficient (Wildman–Crippen LogP) is 3.11. The molecule has 4 N–H and O–H groups in total. The first kappa shape index (κ1) is 20.5. The molecule has 1 aromatic heterocycles. The number of primary amides is 1. The smallest absolute Gasteiger partial charge is 0.248 e. The number of carbonyl (C=O) groups excluding carboxylic acids is 3. The van der Waals surface area contributed by atoms with E-state index in [4.69, 9.17) is 10.5 Å². The molecule has 0 saturated carbocycles. The molecule has 30 heavy (non-hydrogen) atoms. The molecule has 0 saturated heterocycles. The number of anilines is 2. The molecule has 1 heterocycles. The van der Waals surface area contributed by atoms with Crippen LogP contribution in [0.2, 0.25) is 0 Å². The minimum Gasteiger partial charge on any atom is -0.439 e. The van der Waals surface area contributed by atoms with Gasteiger partial charge in [-0.25, -0.2) is 4.98 Å². The zero-order valence-corrected chi connectivity index (χ0v) is 16.2. The standard InChI is InChI=1S/C22H20N4O4/c1-14(27)25-17-7-5-15(6-8-17)11-20(28)26-18-9-10-21(24-13-18)30-19-4-2-3-16(12-19)22(23)29/h2-10,12-13H,11H2,1H3,(H2,23,29)(H,25,27)(H,26,28). The Labute approximate surface area is 173 Å². The van der Waals surface area contributed by atoms with Crippen LogP contribution in [-0.2, 0) is 16.0 Å². The summed E-state index contributed by atoms with van der Waals surface area (Å²) >= 11 is 0. The number of amides is 3. The van der Waals surface area contributed by atoms with Crippen molar-refractivity contribution >= 4 is 29.1 Å². The van der Waals surface area contributed by atoms with Crippen molar-refractivity contribution in [1.29, 1.82) is 0 Å². The number of aromatic nitrogens is 1. The second kappa shape index (κ2) is 9.33. The predicted molar refractivity (Wildman–Crippen MR) is 112 cm³/mol. The van der Waals surface area contributed by atoms with Gasteiger partial charge >= 0.3 is 0 Å². The maximum absolute atomic E-state index is 12.2. The fourth-order valence-corrected chi connectivity index (χ4v) is 2.65. The molecule has 0 bridgehead atoms. The van der Waals surface area contributed by atoms with Crippen molar-refractivity contribution in [2.24, 2.45) is 5.73 Å². The van der Waals surface area contributed by atoms with Gasteiger partial charge in [0.15, 0.2) is 0 Å². The molecule has 3 aromatic rings. The fourth-order valence-electron chi connectivity index (χ4n) is 2.65. The largest absolute Gasteiger partial charge is 0.439 e. The normalized spacial score (nSPS) is 10.2. The van der Waals surface area contributed by atoms with E-state index >= 15 is 0 Å². The van der Waals surface area contributed by atoms with Crippen molar-refractivity contribution in [3.8, 4) is 11.6 Å². The van der Waals surface area contributed by atoms with Crippen LogP contribution in [0.3, 0.4) is 0 Å². The molecule has 2 aromatic carbocycles. The summed E-state index contributed by atoms with van der Waals surface area (Å²) in [6.07, 6.45) is 1.66. The van der Waals surface area contributed by atoms with Crippen LogP contribution in [0.1, 0.15) is 22.8 Å². The third kappa shape index (κ3) is 5.90. The summed E-state index contributed by atoms with van der Waals surface area (Å²) in [7, 11) is 0. The van der Waals surface area contributed by atoms with Gasteiger partial charge in [-0.15, -0.1) is 0 Å². The summed E-state index contributed by atoms with van der Waals surface area (Å²) in [4.78, 5) is 38.7. The van der Waals surface area contributed by atoms with E-state index in [-0.39, 0.29) is 18.2 Å². The maximum atomic E-state index is 12.2. The molecule has 0 aliphatic heterocycles. The van der Waals surface area contributed by atoms with Gasteiger partial charge in [0.05, 0.1) is 18.3 Å². The van der Waals surface area contributed by atoms with Crippen molar-refractivity contribution in [1.82, 2.24) is 4.98 Å². The van der Waals surface area contributed by atoms with Crippen LogP contribution in [0.25, 0.3) is 0 Å². The van der Waals surface area contributed by atoms with E-state index in [1.54, 1.807) is 54.6 Å². The molecule has 0 aliphatic carbocycles. The third-order valence-electron chi connectivity index (χ3n) is 4.00. The number of nitrogens with zero attached hydrogens (tertiary/aromatic N) is 1. The molecule has 3 amide bonds. The molecule has 152 valence electrons. The van der Waals surface area contributed by atoms with E-state index in [2.05, 4.69) is 15.6 Å². The van der Waals surface area contributed by atoms with Gasteiger partial charge in [-0.3, -0.25) is 14.4 Å². The molecule has 8 heteroatoms. The highest BCUT2D eigenvalue weighted by Gasteiger charge is 2.07. The summed E-state index contributed by atoms with van der Waals surface area (Å²) in [5.74, 6) is -0.161. The number of rotatable bonds is 7. The van der Waals surface area contributed by atoms with E-state index in [1.165, 1.54) is 19.2 Å². The van der Waals surface area contributed by atoms with Gasteiger partial charge in [0.1, 0.15) is 5.75 Å². The van der Waals surface area contributed by atoms with Gasteiger partial charge in [0, 0.05) is 24.2 Å². The summed E-state index contributed by atoms with van der Waals surface area (Å²) in [5, 5.41) is 5.44. The van der Waals surface area contributed by atoms with E-state index in [9.17, 15) is 14.4 Å². The first-order valence-electron chi connectivity index (χ1n) is 9.09. The summed E-state index contributed by atoms with van der Waals surface area (Å²) < 4.78 is 5.60. The molecule has 3 rings (SSSR count). The lowest BCUT2D eigenvalue weighted by Crippen LogP contribution is -2.14. The summed E-state index contributed by atoms with van der Waals surface area (Å²) in [6.45, 7) is 1.43. The van der Waals surface area contributed by atoms with E-state index in [0.29, 0.717) is 28.6 Å². The van der Waals surface area contributed by atoms with Crippen LogP contribution >= 0.6 is 0 Å². The van der Waals surface area contributed by atoms with Crippen LogP contribution in [0.4, 0.5) is 11.4 Å². The van der Waals surface area contributed by atoms with Crippen LogP contribution in [0.15, 0.2) is 66.9 Å². The Morgan fingerprint density at radius 3 is 2.33 bits per heavy atom. The van der Waals surface area contributed by atoms with Gasteiger partial charge in [0.25, 0.3) is 0 Å². The van der Waals surface area contributed by atoms with Crippen molar-refractivity contribution in [3.05, 3.63) is 78.0 Å². The Morgan fingerprint density at radius 2 is 1.70 bits per heavy atom. The summed E-state index contributed by atoms with van der Waals surface area (Å²) in [6, 6.07) is 16.8. The molecule has 0 atom stereocenters. The number of nitrogens with two attached hydrogens (primary N) is 1. The molecule has 0 spiro atoms. The molecular formula is C22H20N4O4. The molecule has 0 unspecified atom stereocenters. The zero-order valence-electron chi connectivity index (χ0n) is 16.2. The fraction of sp³-hybridized carbons (Fsp3) is 0.0909. The molecule has 0 radical (unpaired) electrons. The monoisotopic (exact) mass is 404 g/mol. The lowest BCUT2D eigenvalue weighted by atomic mass is 10.1. The average molecular weight is 404 g/mol. The number of hydrogen-bond acceptors (Lipinski definition) is 5.